The van der Waals surface area contributed by atoms with Crippen LogP contribution in [-0.2, 0) is 4.74 Å². The molecule has 17 heavy (non-hydrogen) atoms. The second-order valence-electron chi connectivity index (χ2n) is 6.21. The Labute approximate surface area is 107 Å². The van der Waals surface area contributed by atoms with Gasteiger partial charge in [-0.2, -0.15) is 0 Å². The maximum Gasteiger partial charge on any atom is 0.0710 e. The molecule has 1 rings (SSSR count). The van der Waals surface area contributed by atoms with Crippen molar-refractivity contribution in [1.29, 1.82) is 0 Å². The Balaban J connectivity index is 2.32. The molecule has 0 saturated carbocycles. The first-order valence-corrected chi connectivity index (χ1v) is 6.96. The second-order valence-corrected chi connectivity index (χ2v) is 6.21. The maximum atomic E-state index is 5.41. The van der Waals surface area contributed by atoms with Gasteiger partial charge in [-0.05, 0) is 31.3 Å². The molecule has 2 atom stereocenters. The normalized spacial score (nSPS) is 24.2. The first kappa shape index (κ1) is 14.9. The van der Waals surface area contributed by atoms with E-state index < -0.39 is 0 Å². The predicted octanol–water partition coefficient (Wildman–Crippen LogP) is 2.12. The lowest BCUT2D eigenvalue weighted by atomic mass is 9.84. The van der Waals surface area contributed by atoms with Gasteiger partial charge in [0.2, 0.25) is 0 Å². The summed E-state index contributed by atoms with van der Waals surface area (Å²) in [6, 6.07) is 0.606. The smallest absolute Gasteiger partial charge is 0.0710 e. The average Bonchev–Trinajstić information content (AvgIpc) is 2.70. The zero-order valence-corrected chi connectivity index (χ0v) is 12.3. The van der Waals surface area contributed by atoms with Gasteiger partial charge in [-0.25, -0.2) is 0 Å². The number of hydrogen-bond donors (Lipinski definition) is 1. The quantitative estimate of drug-likeness (QED) is 0.772. The summed E-state index contributed by atoms with van der Waals surface area (Å²) in [4.78, 5) is 2.53. The number of hydrogen-bond acceptors (Lipinski definition) is 3. The van der Waals surface area contributed by atoms with E-state index in [2.05, 4.69) is 37.9 Å². The summed E-state index contributed by atoms with van der Waals surface area (Å²) in [5, 5.41) is 3.61. The number of rotatable bonds is 6. The summed E-state index contributed by atoms with van der Waals surface area (Å²) >= 11 is 0. The van der Waals surface area contributed by atoms with Crippen LogP contribution < -0.4 is 5.32 Å². The Morgan fingerprint density at radius 1 is 1.41 bits per heavy atom. The highest BCUT2D eigenvalue weighted by atomic mass is 16.5. The fourth-order valence-corrected chi connectivity index (χ4v) is 2.59. The molecular weight excluding hydrogens is 212 g/mol. The molecule has 0 aromatic rings. The van der Waals surface area contributed by atoms with Gasteiger partial charge in [-0.15, -0.1) is 0 Å². The van der Waals surface area contributed by atoms with Gasteiger partial charge in [0.1, 0.15) is 0 Å². The number of nitrogens with one attached hydrogen (secondary N) is 1. The van der Waals surface area contributed by atoms with Crippen LogP contribution in [-0.4, -0.2) is 50.3 Å². The molecule has 1 aliphatic rings. The molecule has 0 bridgehead atoms. The Hall–Kier alpha value is -0.120. The van der Waals surface area contributed by atoms with Gasteiger partial charge >= 0.3 is 0 Å². The van der Waals surface area contributed by atoms with E-state index in [9.17, 15) is 0 Å². The fourth-order valence-electron chi connectivity index (χ4n) is 2.59. The maximum absolute atomic E-state index is 5.41. The Bertz CT molecular complexity index is 213. The Morgan fingerprint density at radius 2 is 2.12 bits per heavy atom. The topological polar surface area (TPSA) is 24.5 Å². The summed E-state index contributed by atoms with van der Waals surface area (Å²) in [7, 11) is 1.82. The molecule has 2 unspecified atom stereocenters. The summed E-state index contributed by atoms with van der Waals surface area (Å²) in [6.07, 6.45) is 2.88. The van der Waals surface area contributed by atoms with Gasteiger partial charge in [0.15, 0.2) is 0 Å². The van der Waals surface area contributed by atoms with Crippen LogP contribution in [0.4, 0.5) is 0 Å². The first-order valence-electron chi connectivity index (χ1n) is 6.96. The molecule has 0 amide bonds. The van der Waals surface area contributed by atoms with E-state index in [1.807, 2.05) is 7.11 Å². The number of likely N-dealkylation sites (tertiary alicyclic amines) is 1. The third-order valence-electron chi connectivity index (χ3n) is 3.79. The SMILES string of the molecule is CCNC(CCN1CCC(OC)C1)C(C)(C)C. The van der Waals surface area contributed by atoms with Crippen molar-refractivity contribution in [2.24, 2.45) is 5.41 Å². The van der Waals surface area contributed by atoms with Gasteiger partial charge in [-0.1, -0.05) is 27.7 Å². The molecule has 1 heterocycles. The molecule has 1 aliphatic heterocycles. The van der Waals surface area contributed by atoms with Crippen molar-refractivity contribution in [1.82, 2.24) is 10.2 Å². The summed E-state index contributed by atoms with van der Waals surface area (Å²) < 4.78 is 5.41. The van der Waals surface area contributed by atoms with Crippen LogP contribution in [0.1, 0.15) is 40.5 Å². The molecule has 3 heteroatoms. The van der Waals surface area contributed by atoms with E-state index >= 15 is 0 Å². The zero-order chi connectivity index (χ0) is 12.9. The van der Waals surface area contributed by atoms with Crippen molar-refractivity contribution in [2.45, 2.75) is 52.7 Å². The van der Waals surface area contributed by atoms with Gasteiger partial charge in [0.05, 0.1) is 6.10 Å². The van der Waals surface area contributed by atoms with Crippen molar-refractivity contribution >= 4 is 0 Å². The largest absolute Gasteiger partial charge is 0.380 e. The van der Waals surface area contributed by atoms with Crippen LogP contribution in [0.2, 0.25) is 0 Å². The zero-order valence-electron chi connectivity index (χ0n) is 12.3. The Morgan fingerprint density at radius 3 is 2.59 bits per heavy atom. The average molecular weight is 242 g/mol. The number of ether oxygens (including phenoxy) is 1. The molecular formula is C14H30N2O. The minimum atomic E-state index is 0.344. The summed E-state index contributed by atoms with van der Waals surface area (Å²) in [6.45, 7) is 13.7. The second kappa shape index (κ2) is 6.72. The lowest BCUT2D eigenvalue weighted by Gasteiger charge is -2.32. The molecule has 102 valence electrons. The molecule has 1 fully saturated rings. The molecule has 0 aromatic carbocycles. The van der Waals surface area contributed by atoms with Crippen LogP contribution in [0.3, 0.4) is 0 Å². The summed E-state index contributed by atoms with van der Waals surface area (Å²) in [5.41, 5.74) is 0.344. The lowest BCUT2D eigenvalue weighted by molar-refractivity contribution is 0.106. The van der Waals surface area contributed by atoms with Crippen LogP contribution in [0, 0.1) is 5.41 Å². The van der Waals surface area contributed by atoms with Crippen molar-refractivity contribution in [3.63, 3.8) is 0 Å². The first-order chi connectivity index (χ1) is 7.97. The van der Waals surface area contributed by atoms with Crippen molar-refractivity contribution in [3.05, 3.63) is 0 Å². The highest BCUT2D eigenvalue weighted by Crippen LogP contribution is 2.23. The number of methoxy groups -OCH3 is 1. The minimum absolute atomic E-state index is 0.344. The van der Waals surface area contributed by atoms with E-state index in [1.165, 1.54) is 25.9 Å². The van der Waals surface area contributed by atoms with Crippen molar-refractivity contribution in [2.75, 3.05) is 33.3 Å². The Kier molecular flexibility index (Phi) is 5.90. The third kappa shape index (κ3) is 4.94. The molecule has 0 aliphatic carbocycles. The monoisotopic (exact) mass is 242 g/mol. The number of nitrogens with zero attached hydrogens (tertiary/aromatic N) is 1. The minimum Gasteiger partial charge on any atom is -0.380 e. The van der Waals surface area contributed by atoms with Crippen LogP contribution in [0.15, 0.2) is 0 Å². The van der Waals surface area contributed by atoms with Crippen molar-refractivity contribution < 1.29 is 4.74 Å². The van der Waals surface area contributed by atoms with Gasteiger partial charge < -0.3 is 15.0 Å². The molecule has 1 N–H and O–H groups in total. The van der Waals surface area contributed by atoms with E-state index in [0.717, 1.165) is 13.1 Å². The van der Waals surface area contributed by atoms with E-state index in [0.29, 0.717) is 17.6 Å². The molecule has 0 spiro atoms. The highest BCUT2D eigenvalue weighted by molar-refractivity contribution is 4.83. The van der Waals surface area contributed by atoms with E-state index in [-0.39, 0.29) is 0 Å². The van der Waals surface area contributed by atoms with Gasteiger partial charge in [0.25, 0.3) is 0 Å². The molecule has 0 aromatic heterocycles. The summed E-state index contributed by atoms with van der Waals surface area (Å²) in [5.74, 6) is 0. The molecule has 0 radical (unpaired) electrons. The van der Waals surface area contributed by atoms with Crippen LogP contribution in [0.5, 0.6) is 0 Å². The van der Waals surface area contributed by atoms with Crippen LogP contribution >= 0.6 is 0 Å². The van der Waals surface area contributed by atoms with Gasteiger partial charge in [0, 0.05) is 26.2 Å². The third-order valence-corrected chi connectivity index (χ3v) is 3.79. The predicted molar refractivity (Wildman–Crippen MR) is 73.4 cm³/mol. The molecule has 1 saturated heterocycles. The highest BCUT2D eigenvalue weighted by Gasteiger charge is 2.26. The lowest BCUT2D eigenvalue weighted by Crippen LogP contribution is -2.42. The van der Waals surface area contributed by atoms with Crippen molar-refractivity contribution in [3.8, 4) is 0 Å². The molecule has 3 nitrogen and oxygen atoms in total. The van der Waals surface area contributed by atoms with Gasteiger partial charge in [-0.3, -0.25) is 0 Å². The van der Waals surface area contributed by atoms with E-state index in [4.69, 9.17) is 4.74 Å². The van der Waals surface area contributed by atoms with E-state index in [1.54, 1.807) is 0 Å². The standard InChI is InChI=1S/C14H30N2O/c1-6-15-13(14(2,3)4)8-10-16-9-7-12(11-16)17-5/h12-13,15H,6-11H2,1-5H3. The fraction of sp³-hybridized carbons (Fsp3) is 1.00. The van der Waals surface area contributed by atoms with Crippen LogP contribution in [0.25, 0.3) is 0 Å².